The summed E-state index contributed by atoms with van der Waals surface area (Å²) in [5.41, 5.74) is 1.10. The van der Waals surface area contributed by atoms with E-state index in [1.54, 1.807) is 0 Å². The van der Waals surface area contributed by atoms with E-state index in [9.17, 15) is 22.8 Å². The summed E-state index contributed by atoms with van der Waals surface area (Å²) < 4.78 is 45.7. The number of fused-ring (bicyclic) bond motifs is 1. The van der Waals surface area contributed by atoms with Gasteiger partial charge in [-0.3, -0.25) is 4.79 Å². The summed E-state index contributed by atoms with van der Waals surface area (Å²) in [6.45, 7) is 0.384. The fraction of sp³-hybridized carbons (Fsp3) is 0.278. The van der Waals surface area contributed by atoms with Gasteiger partial charge in [0.05, 0.1) is 7.11 Å². The molecule has 6 nitrogen and oxygen atoms in total. The molecule has 0 radical (unpaired) electrons. The topological polar surface area (TPSA) is 68.7 Å². The van der Waals surface area contributed by atoms with Crippen LogP contribution in [0.1, 0.15) is 33.0 Å². The highest BCUT2D eigenvalue weighted by molar-refractivity contribution is 6.06. The number of anilines is 1. The monoisotopic (exact) mass is 380 g/mol. The van der Waals surface area contributed by atoms with Crippen LogP contribution in [-0.2, 0) is 11.2 Å². The van der Waals surface area contributed by atoms with Gasteiger partial charge in [-0.1, -0.05) is 6.07 Å². The molecular weight excluding hydrogens is 365 g/mol. The molecule has 2 heterocycles. The van der Waals surface area contributed by atoms with Crippen LogP contribution in [0.25, 0.3) is 0 Å². The van der Waals surface area contributed by atoms with Gasteiger partial charge in [0.25, 0.3) is 5.91 Å². The van der Waals surface area contributed by atoms with Gasteiger partial charge in [-0.15, -0.1) is 13.2 Å². The Bertz CT molecular complexity index is 883. The van der Waals surface area contributed by atoms with E-state index >= 15 is 0 Å². The van der Waals surface area contributed by atoms with E-state index in [0.29, 0.717) is 30.6 Å². The van der Waals surface area contributed by atoms with Crippen molar-refractivity contribution in [1.82, 2.24) is 4.98 Å². The van der Waals surface area contributed by atoms with E-state index in [0.717, 1.165) is 6.07 Å². The molecule has 0 atom stereocenters. The minimum absolute atomic E-state index is 0.00509. The second-order valence-corrected chi connectivity index (χ2v) is 5.80. The summed E-state index contributed by atoms with van der Waals surface area (Å²) in [7, 11) is 1.21. The third-order valence-electron chi connectivity index (χ3n) is 4.01. The molecule has 1 aliphatic rings. The molecule has 0 N–H and O–H groups in total. The van der Waals surface area contributed by atoms with E-state index in [1.165, 1.54) is 42.3 Å². The highest BCUT2D eigenvalue weighted by atomic mass is 19.4. The molecule has 0 aliphatic carbocycles. The quantitative estimate of drug-likeness (QED) is 0.764. The molecule has 142 valence electrons. The van der Waals surface area contributed by atoms with Crippen LogP contribution in [0, 0.1) is 0 Å². The van der Waals surface area contributed by atoms with Crippen LogP contribution < -0.4 is 9.64 Å². The molecule has 0 unspecified atom stereocenters. The Morgan fingerprint density at radius 2 is 1.89 bits per heavy atom. The number of methoxy groups -OCH3 is 1. The van der Waals surface area contributed by atoms with Crippen LogP contribution in [0.4, 0.5) is 18.9 Å². The molecule has 0 fully saturated rings. The van der Waals surface area contributed by atoms with Gasteiger partial charge in [0.2, 0.25) is 0 Å². The summed E-state index contributed by atoms with van der Waals surface area (Å²) in [6.07, 6.45) is -3.69. The van der Waals surface area contributed by atoms with Crippen LogP contribution in [0.15, 0.2) is 36.4 Å². The first-order valence-electron chi connectivity index (χ1n) is 8.04. The molecule has 1 aromatic carbocycles. The molecule has 3 rings (SSSR count). The summed E-state index contributed by atoms with van der Waals surface area (Å²) in [5, 5.41) is 0. The van der Waals surface area contributed by atoms with Crippen molar-refractivity contribution < 1.29 is 32.2 Å². The van der Waals surface area contributed by atoms with E-state index in [1.807, 2.05) is 0 Å². The summed E-state index contributed by atoms with van der Waals surface area (Å²) in [5.74, 6) is -1.45. The number of carbonyl (C=O) groups excluding carboxylic acids is 2. The molecule has 0 saturated carbocycles. The number of rotatable bonds is 3. The van der Waals surface area contributed by atoms with Crippen molar-refractivity contribution in [3.8, 4) is 5.75 Å². The van der Waals surface area contributed by atoms with Crippen LogP contribution in [-0.4, -0.2) is 36.9 Å². The number of ether oxygens (including phenoxy) is 2. The van der Waals surface area contributed by atoms with Crippen molar-refractivity contribution in [1.29, 1.82) is 0 Å². The Kier molecular flexibility index (Phi) is 5.02. The van der Waals surface area contributed by atoms with Crippen molar-refractivity contribution in [2.45, 2.75) is 19.2 Å². The standard InChI is InChI=1S/C18H15F3N2O4/c1-26-17(25)14-6-2-5-13(22-14)16(24)23-9-3-4-11-10-12(7-8-15(11)23)27-18(19,20)21/h2,5-8,10H,3-4,9H2,1H3. The molecular formula is C18H15F3N2O4. The maximum Gasteiger partial charge on any atom is 0.573 e. The van der Waals surface area contributed by atoms with Crippen LogP contribution in [0.2, 0.25) is 0 Å². The predicted octanol–water partition coefficient (Wildman–Crippen LogP) is 3.36. The normalized spacial score (nSPS) is 13.7. The van der Waals surface area contributed by atoms with Crippen molar-refractivity contribution in [2.75, 3.05) is 18.6 Å². The average Bonchev–Trinajstić information content (AvgIpc) is 2.65. The third-order valence-corrected chi connectivity index (χ3v) is 4.01. The first kappa shape index (κ1) is 18.7. The smallest absolute Gasteiger partial charge is 0.464 e. The first-order valence-corrected chi connectivity index (χ1v) is 8.04. The van der Waals surface area contributed by atoms with Crippen molar-refractivity contribution >= 4 is 17.6 Å². The Morgan fingerprint density at radius 3 is 2.59 bits per heavy atom. The summed E-state index contributed by atoms with van der Waals surface area (Å²) >= 11 is 0. The van der Waals surface area contributed by atoms with Gasteiger partial charge >= 0.3 is 12.3 Å². The lowest BCUT2D eigenvalue weighted by Crippen LogP contribution is -2.36. The van der Waals surface area contributed by atoms with E-state index in [4.69, 9.17) is 0 Å². The van der Waals surface area contributed by atoms with Gasteiger partial charge in [0.1, 0.15) is 17.1 Å². The van der Waals surface area contributed by atoms with Gasteiger partial charge in [-0.25, -0.2) is 9.78 Å². The number of nitrogens with zero attached hydrogens (tertiary/aromatic N) is 2. The average molecular weight is 380 g/mol. The number of alkyl halides is 3. The largest absolute Gasteiger partial charge is 0.573 e. The zero-order valence-electron chi connectivity index (χ0n) is 14.2. The molecule has 0 saturated heterocycles. The number of hydrogen-bond donors (Lipinski definition) is 0. The molecule has 0 bridgehead atoms. The number of aromatic nitrogens is 1. The lowest BCUT2D eigenvalue weighted by atomic mass is 10.0. The van der Waals surface area contributed by atoms with Crippen molar-refractivity contribution in [3.05, 3.63) is 53.3 Å². The van der Waals surface area contributed by atoms with E-state index in [-0.39, 0.29) is 17.1 Å². The highest BCUT2D eigenvalue weighted by Gasteiger charge is 2.32. The lowest BCUT2D eigenvalue weighted by molar-refractivity contribution is -0.274. The van der Waals surface area contributed by atoms with Gasteiger partial charge in [-0.05, 0) is 48.7 Å². The Balaban J connectivity index is 1.89. The predicted molar refractivity (Wildman–Crippen MR) is 88.7 cm³/mol. The first-order chi connectivity index (χ1) is 12.8. The number of esters is 1. The molecule has 27 heavy (non-hydrogen) atoms. The number of pyridine rings is 1. The molecule has 9 heteroatoms. The third kappa shape index (κ3) is 4.18. The fourth-order valence-electron chi connectivity index (χ4n) is 2.89. The second-order valence-electron chi connectivity index (χ2n) is 5.80. The van der Waals surface area contributed by atoms with E-state index < -0.39 is 18.2 Å². The van der Waals surface area contributed by atoms with Crippen LogP contribution in [0.3, 0.4) is 0 Å². The maximum atomic E-state index is 12.8. The van der Waals surface area contributed by atoms with Gasteiger partial charge in [0.15, 0.2) is 0 Å². The zero-order valence-corrected chi connectivity index (χ0v) is 14.2. The SMILES string of the molecule is COC(=O)c1cccc(C(=O)N2CCCc3cc(OC(F)(F)F)ccc32)n1. The number of hydrogen-bond acceptors (Lipinski definition) is 5. The lowest BCUT2D eigenvalue weighted by Gasteiger charge is -2.29. The fourth-order valence-corrected chi connectivity index (χ4v) is 2.89. The molecule has 1 aliphatic heterocycles. The second kappa shape index (κ2) is 7.26. The van der Waals surface area contributed by atoms with Gasteiger partial charge < -0.3 is 14.4 Å². The highest BCUT2D eigenvalue weighted by Crippen LogP contribution is 2.33. The molecule has 2 aromatic rings. The van der Waals surface area contributed by atoms with Crippen LogP contribution >= 0.6 is 0 Å². The number of halogens is 3. The Hall–Kier alpha value is -3.10. The van der Waals surface area contributed by atoms with Crippen molar-refractivity contribution in [3.63, 3.8) is 0 Å². The molecule has 1 aromatic heterocycles. The number of benzene rings is 1. The summed E-state index contributed by atoms with van der Waals surface area (Å²) in [6, 6.07) is 8.25. The number of amides is 1. The number of carbonyl (C=O) groups is 2. The van der Waals surface area contributed by atoms with Gasteiger partial charge in [0, 0.05) is 12.2 Å². The minimum Gasteiger partial charge on any atom is -0.464 e. The molecule has 0 spiro atoms. The van der Waals surface area contributed by atoms with Crippen molar-refractivity contribution in [2.24, 2.45) is 0 Å². The zero-order chi connectivity index (χ0) is 19.6. The summed E-state index contributed by atoms with van der Waals surface area (Å²) in [4.78, 5) is 29.9. The van der Waals surface area contributed by atoms with Gasteiger partial charge in [-0.2, -0.15) is 0 Å². The minimum atomic E-state index is -4.78. The molecule has 1 amide bonds. The van der Waals surface area contributed by atoms with E-state index in [2.05, 4.69) is 14.5 Å². The Labute approximate surface area is 152 Å². The van der Waals surface area contributed by atoms with Crippen LogP contribution in [0.5, 0.6) is 5.75 Å². The Morgan fingerprint density at radius 1 is 1.15 bits per heavy atom. The number of aryl methyl sites for hydroxylation is 1. The maximum absolute atomic E-state index is 12.8.